The van der Waals surface area contributed by atoms with Crippen LogP contribution < -0.4 is 4.90 Å². The Hall–Kier alpha value is -2.24. The predicted molar refractivity (Wildman–Crippen MR) is 103 cm³/mol. The number of aliphatic hydroxyl groups is 1. The van der Waals surface area contributed by atoms with Crippen molar-refractivity contribution < 1.29 is 14.7 Å². The number of carbonyl (C=O) groups is 2. The van der Waals surface area contributed by atoms with Gasteiger partial charge in [-0.3, -0.25) is 14.6 Å². The van der Waals surface area contributed by atoms with E-state index in [0.717, 1.165) is 12.0 Å². The molecule has 2 aromatic rings. The maximum Gasteiger partial charge on any atom is 0.264 e. The lowest BCUT2D eigenvalue weighted by Crippen LogP contribution is -2.53. The molecule has 6 heteroatoms. The van der Waals surface area contributed by atoms with Crippen molar-refractivity contribution in [1.82, 2.24) is 4.98 Å². The number of hydrogen-bond donors (Lipinski definition) is 1. The summed E-state index contributed by atoms with van der Waals surface area (Å²) in [7, 11) is 0. The Labute approximate surface area is 163 Å². The van der Waals surface area contributed by atoms with Crippen LogP contribution in [0.5, 0.6) is 0 Å². The smallest absolute Gasteiger partial charge is 0.264 e. The van der Waals surface area contributed by atoms with E-state index in [9.17, 15) is 14.7 Å². The van der Waals surface area contributed by atoms with Gasteiger partial charge in [-0.1, -0.05) is 18.5 Å². The number of anilines is 1. The molecule has 140 valence electrons. The molecule has 2 aliphatic heterocycles. The number of ketones is 1. The number of Topliss-reactive ketones (excluding diaryl/α,β-unsaturated/α-hetero) is 1. The molecule has 1 aromatic carbocycles. The maximum atomic E-state index is 13.4. The fourth-order valence-electron chi connectivity index (χ4n) is 4.53. The first kappa shape index (κ1) is 18.1. The Morgan fingerprint density at radius 2 is 2.00 bits per heavy atom. The molecule has 2 unspecified atom stereocenters. The highest BCUT2D eigenvalue weighted by atomic mass is 35.5. The minimum absolute atomic E-state index is 0.190. The quantitative estimate of drug-likeness (QED) is 0.816. The average Bonchev–Trinajstić information content (AvgIpc) is 2.82. The van der Waals surface area contributed by atoms with Gasteiger partial charge >= 0.3 is 0 Å². The van der Waals surface area contributed by atoms with E-state index in [1.807, 2.05) is 19.9 Å². The molecule has 0 radical (unpaired) electrons. The van der Waals surface area contributed by atoms with Crippen LogP contribution in [-0.4, -0.2) is 27.3 Å². The molecule has 1 amide bonds. The summed E-state index contributed by atoms with van der Waals surface area (Å²) in [5.41, 5.74) is 0.107. The van der Waals surface area contributed by atoms with Crippen molar-refractivity contribution in [3.63, 3.8) is 0 Å². The van der Waals surface area contributed by atoms with Crippen molar-refractivity contribution >= 4 is 29.0 Å². The molecular formula is C21H21ClN2O3. The second-order valence-electron chi connectivity index (χ2n) is 8.15. The predicted octanol–water partition coefficient (Wildman–Crippen LogP) is 3.83. The standard InChI is InChI=1S/C21H21ClN2O3/c1-12-10-20(2,3)24-18-15(12)8-14(22)9-16(18)21(27,19(24)26)11-17(25)13-4-6-23-7-5-13/h4-9,12,27H,10-11H2,1-3H3. The Morgan fingerprint density at radius 3 is 2.67 bits per heavy atom. The largest absolute Gasteiger partial charge is 0.375 e. The van der Waals surface area contributed by atoms with Crippen molar-refractivity contribution in [3.8, 4) is 0 Å². The zero-order chi connectivity index (χ0) is 19.6. The van der Waals surface area contributed by atoms with Crippen LogP contribution in [0.3, 0.4) is 0 Å². The molecule has 2 atom stereocenters. The molecule has 0 fully saturated rings. The third-order valence-electron chi connectivity index (χ3n) is 5.69. The van der Waals surface area contributed by atoms with Crippen molar-refractivity contribution in [2.75, 3.05) is 4.90 Å². The Morgan fingerprint density at radius 1 is 1.33 bits per heavy atom. The van der Waals surface area contributed by atoms with Gasteiger partial charge in [-0.15, -0.1) is 0 Å². The van der Waals surface area contributed by atoms with Gasteiger partial charge < -0.3 is 10.0 Å². The summed E-state index contributed by atoms with van der Waals surface area (Å²) in [6, 6.07) is 6.64. The van der Waals surface area contributed by atoms with Crippen molar-refractivity contribution in [2.24, 2.45) is 0 Å². The van der Waals surface area contributed by atoms with Crippen LogP contribution in [0.4, 0.5) is 5.69 Å². The highest BCUT2D eigenvalue weighted by Gasteiger charge is 2.57. The van der Waals surface area contributed by atoms with Gasteiger partial charge in [0.1, 0.15) is 0 Å². The highest BCUT2D eigenvalue weighted by molar-refractivity contribution is 6.31. The molecule has 27 heavy (non-hydrogen) atoms. The van der Waals surface area contributed by atoms with E-state index in [2.05, 4.69) is 11.9 Å². The van der Waals surface area contributed by atoms with Gasteiger partial charge in [-0.05, 0) is 56.0 Å². The summed E-state index contributed by atoms with van der Waals surface area (Å²) in [4.78, 5) is 31.7. The number of rotatable bonds is 3. The lowest BCUT2D eigenvalue weighted by molar-refractivity contribution is -0.137. The summed E-state index contributed by atoms with van der Waals surface area (Å²) in [6.07, 6.45) is 3.45. The van der Waals surface area contributed by atoms with Crippen LogP contribution in [-0.2, 0) is 10.4 Å². The Bertz CT molecular complexity index is 957. The van der Waals surface area contributed by atoms with E-state index in [0.29, 0.717) is 21.8 Å². The fraction of sp³-hybridized carbons (Fsp3) is 0.381. The summed E-state index contributed by atoms with van der Waals surface area (Å²) in [6.45, 7) is 6.06. The van der Waals surface area contributed by atoms with Crippen LogP contribution >= 0.6 is 11.6 Å². The van der Waals surface area contributed by atoms with Gasteiger partial charge in [-0.2, -0.15) is 0 Å². The molecule has 0 bridgehead atoms. The molecule has 0 spiro atoms. The molecular weight excluding hydrogens is 364 g/mol. The molecule has 3 heterocycles. The molecule has 4 rings (SSSR count). The molecule has 1 aromatic heterocycles. The number of aromatic nitrogens is 1. The number of nitrogens with zero attached hydrogens (tertiary/aromatic N) is 2. The Kier molecular flexibility index (Phi) is 3.95. The summed E-state index contributed by atoms with van der Waals surface area (Å²) in [5.74, 6) is -0.581. The maximum absolute atomic E-state index is 13.4. The normalized spacial score (nSPS) is 25.4. The topological polar surface area (TPSA) is 70.5 Å². The number of halogens is 1. The van der Waals surface area contributed by atoms with Gasteiger partial charge in [0.25, 0.3) is 5.91 Å². The number of benzene rings is 1. The molecule has 0 saturated heterocycles. The third-order valence-corrected chi connectivity index (χ3v) is 5.91. The van der Waals surface area contributed by atoms with Crippen LogP contribution in [0.2, 0.25) is 5.02 Å². The zero-order valence-corrected chi connectivity index (χ0v) is 16.2. The number of carbonyl (C=O) groups excluding carboxylic acids is 2. The lowest BCUT2D eigenvalue weighted by Gasteiger charge is -2.44. The molecule has 2 aliphatic rings. The van der Waals surface area contributed by atoms with Crippen molar-refractivity contribution in [2.45, 2.75) is 50.7 Å². The van der Waals surface area contributed by atoms with Crippen LogP contribution in [0.25, 0.3) is 0 Å². The second-order valence-corrected chi connectivity index (χ2v) is 8.58. The van der Waals surface area contributed by atoms with E-state index in [4.69, 9.17) is 11.6 Å². The fourth-order valence-corrected chi connectivity index (χ4v) is 4.76. The number of amides is 1. The van der Waals surface area contributed by atoms with Crippen LogP contribution in [0.1, 0.15) is 61.0 Å². The van der Waals surface area contributed by atoms with Crippen molar-refractivity contribution in [1.29, 1.82) is 0 Å². The zero-order valence-electron chi connectivity index (χ0n) is 15.5. The van der Waals surface area contributed by atoms with E-state index in [1.54, 1.807) is 23.1 Å². The van der Waals surface area contributed by atoms with E-state index in [-0.39, 0.29) is 18.1 Å². The van der Waals surface area contributed by atoms with Gasteiger partial charge in [0.2, 0.25) is 0 Å². The average molecular weight is 385 g/mol. The molecule has 1 N–H and O–H groups in total. The first-order chi connectivity index (χ1) is 12.6. The lowest BCUT2D eigenvalue weighted by atomic mass is 9.80. The minimum atomic E-state index is -1.92. The summed E-state index contributed by atoms with van der Waals surface area (Å²) in [5, 5.41) is 11.9. The SMILES string of the molecule is CC1CC(C)(C)N2C(=O)C(O)(CC(=O)c3ccncc3)c3cc(Cl)cc1c32. The van der Waals surface area contributed by atoms with Crippen LogP contribution in [0.15, 0.2) is 36.7 Å². The van der Waals surface area contributed by atoms with E-state index in [1.165, 1.54) is 12.4 Å². The highest BCUT2D eigenvalue weighted by Crippen LogP contribution is 2.55. The van der Waals surface area contributed by atoms with E-state index < -0.39 is 17.0 Å². The van der Waals surface area contributed by atoms with Gasteiger partial charge in [0.15, 0.2) is 11.4 Å². The summed E-state index contributed by atoms with van der Waals surface area (Å²) >= 11 is 6.31. The first-order valence-electron chi connectivity index (χ1n) is 8.99. The number of pyridine rings is 1. The molecule has 0 saturated carbocycles. The second kappa shape index (κ2) is 5.88. The monoisotopic (exact) mass is 384 g/mol. The van der Waals surface area contributed by atoms with E-state index >= 15 is 0 Å². The summed E-state index contributed by atoms with van der Waals surface area (Å²) < 4.78 is 0. The molecule has 5 nitrogen and oxygen atoms in total. The van der Waals surface area contributed by atoms with Crippen molar-refractivity contribution in [3.05, 3.63) is 58.4 Å². The Balaban J connectivity index is 1.86. The molecule has 0 aliphatic carbocycles. The van der Waals surface area contributed by atoms with Gasteiger partial charge in [-0.25, -0.2) is 0 Å². The number of hydrogen-bond acceptors (Lipinski definition) is 4. The van der Waals surface area contributed by atoms with Gasteiger partial charge in [0, 0.05) is 34.1 Å². The minimum Gasteiger partial charge on any atom is -0.375 e. The first-order valence-corrected chi connectivity index (χ1v) is 9.37. The third kappa shape index (κ3) is 2.60. The van der Waals surface area contributed by atoms with Gasteiger partial charge in [0.05, 0.1) is 12.1 Å². The van der Waals surface area contributed by atoms with Crippen LogP contribution in [0, 0.1) is 0 Å².